The Balaban J connectivity index is 1.70. The van der Waals surface area contributed by atoms with Gasteiger partial charge in [0.25, 0.3) is 0 Å². The zero-order chi connectivity index (χ0) is 17.8. The first kappa shape index (κ1) is 16.9. The number of nitrogens with zero attached hydrogens (tertiary/aromatic N) is 3. The molecule has 2 aromatic carbocycles. The Morgan fingerprint density at radius 3 is 2.76 bits per heavy atom. The molecule has 0 bridgehead atoms. The molecule has 0 aliphatic carbocycles. The fourth-order valence-electron chi connectivity index (χ4n) is 2.01. The standard InChI is InChI=1S/C16H11ClN4O3S/c17-12-4-2-11(3-5-12)13-9-25-16(19-13)20-18-8-10-1-6-15(22)14(7-10)21(23)24/h1-9,22H,(H,19,20)/b18-8-. The van der Waals surface area contributed by atoms with Crippen LogP contribution in [-0.2, 0) is 0 Å². The number of aromatic nitrogens is 1. The Kier molecular flexibility index (Phi) is 4.92. The van der Waals surface area contributed by atoms with Gasteiger partial charge in [-0.3, -0.25) is 15.5 Å². The number of hydrogen-bond donors (Lipinski definition) is 2. The number of hydrogen-bond acceptors (Lipinski definition) is 7. The highest BCUT2D eigenvalue weighted by Gasteiger charge is 2.12. The molecule has 25 heavy (non-hydrogen) atoms. The van der Waals surface area contributed by atoms with Crippen molar-refractivity contribution >= 4 is 40.0 Å². The average molecular weight is 375 g/mol. The molecule has 0 saturated heterocycles. The minimum absolute atomic E-state index is 0.372. The zero-order valence-corrected chi connectivity index (χ0v) is 14.2. The molecule has 2 N–H and O–H groups in total. The molecule has 0 radical (unpaired) electrons. The third kappa shape index (κ3) is 4.11. The number of phenolic OH excluding ortho intramolecular Hbond substituents is 1. The second-order valence-electron chi connectivity index (χ2n) is 4.92. The quantitative estimate of drug-likeness (QED) is 0.388. The molecule has 0 fully saturated rings. The van der Waals surface area contributed by atoms with Crippen LogP contribution < -0.4 is 5.43 Å². The van der Waals surface area contributed by atoms with Gasteiger partial charge in [-0.2, -0.15) is 5.10 Å². The SMILES string of the molecule is O=[N+]([O-])c1cc(/C=N\Nc2nc(-c3ccc(Cl)cc3)cs2)ccc1O. The lowest BCUT2D eigenvalue weighted by molar-refractivity contribution is -0.385. The maximum Gasteiger partial charge on any atom is 0.311 e. The largest absolute Gasteiger partial charge is 0.502 e. The first-order chi connectivity index (χ1) is 12.0. The molecule has 0 unspecified atom stereocenters. The fourth-order valence-corrected chi connectivity index (χ4v) is 2.80. The van der Waals surface area contributed by atoms with E-state index in [1.165, 1.54) is 35.8 Å². The smallest absolute Gasteiger partial charge is 0.311 e. The number of hydrazone groups is 1. The van der Waals surface area contributed by atoms with Crippen LogP contribution in [0.25, 0.3) is 11.3 Å². The summed E-state index contributed by atoms with van der Waals surface area (Å²) in [4.78, 5) is 14.5. The van der Waals surface area contributed by atoms with Crippen molar-refractivity contribution in [3.05, 3.63) is 68.5 Å². The first-order valence-electron chi connectivity index (χ1n) is 7.01. The van der Waals surface area contributed by atoms with Crippen molar-refractivity contribution in [2.75, 3.05) is 5.43 Å². The molecule has 0 saturated carbocycles. The summed E-state index contributed by atoms with van der Waals surface area (Å²) in [5.41, 5.74) is 4.61. The summed E-state index contributed by atoms with van der Waals surface area (Å²) in [6.07, 6.45) is 1.41. The summed E-state index contributed by atoms with van der Waals surface area (Å²) in [5, 5.41) is 27.3. The molecule has 1 heterocycles. The van der Waals surface area contributed by atoms with Gasteiger partial charge in [0.15, 0.2) is 5.75 Å². The molecular formula is C16H11ClN4O3S. The second-order valence-corrected chi connectivity index (χ2v) is 6.21. The maximum atomic E-state index is 10.8. The van der Waals surface area contributed by atoms with Crippen LogP contribution in [0.5, 0.6) is 5.75 Å². The summed E-state index contributed by atoms with van der Waals surface area (Å²) in [5.74, 6) is -0.386. The number of nitrogens with one attached hydrogen (secondary N) is 1. The van der Waals surface area contributed by atoms with Gasteiger partial charge in [0.2, 0.25) is 5.13 Å². The fraction of sp³-hybridized carbons (Fsp3) is 0. The maximum absolute atomic E-state index is 10.8. The van der Waals surface area contributed by atoms with Gasteiger partial charge in [-0.1, -0.05) is 23.7 Å². The lowest BCUT2D eigenvalue weighted by Crippen LogP contribution is -1.93. The summed E-state index contributed by atoms with van der Waals surface area (Å²) in [7, 11) is 0. The van der Waals surface area contributed by atoms with Crippen LogP contribution in [0.3, 0.4) is 0 Å². The van der Waals surface area contributed by atoms with Crippen LogP contribution in [0.1, 0.15) is 5.56 Å². The van der Waals surface area contributed by atoms with E-state index in [1.807, 2.05) is 17.5 Å². The molecule has 7 nitrogen and oxygen atoms in total. The molecule has 0 aliphatic rings. The van der Waals surface area contributed by atoms with Gasteiger partial charge < -0.3 is 5.11 Å². The van der Waals surface area contributed by atoms with E-state index in [0.717, 1.165) is 11.3 Å². The predicted octanol–water partition coefficient (Wildman–Crippen LogP) is 4.52. The van der Waals surface area contributed by atoms with E-state index in [0.29, 0.717) is 15.7 Å². The van der Waals surface area contributed by atoms with Crippen LogP contribution >= 0.6 is 22.9 Å². The summed E-state index contributed by atoms with van der Waals surface area (Å²) >= 11 is 7.24. The van der Waals surface area contributed by atoms with Gasteiger partial charge >= 0.3 is 5.69 Å². The van der Waals surface area contributed by atoms with Crippen molar-refractivity contribution in [3.63, 3.8) is 0 Å². The van der Waals surface area contributed by atoms with Gasteiger partial charge in [-0.05, 0) is 24.3 Å². The van der Waals surface area contributed by atoms with Gasteiger partial charge in [-0.15, -0.1) is 11.3 Å². The van der Waals surface area contributed by atoms with E-state index in [1.54, 1.807) is 12.1 Å². The van der Waals surface area contributed by atoms with E-state index < -0.39 is 4.92 Å². The van der Waals surface area contributed by atoms with Crippen molar-refractivity contribution in [1.29, 1.82) is 0 Å². The van der Waals surface area contributed by atoms with Crippen molar-refractivity contribution in [2.45, 2.75) is 0 Å². The normalized spacial score (nSPS) is 10.9. The summed E-state index contributed by atoms with van der Waals surface area (Å²) in [6.45, 7) is 0. The molecule has 0 amide bonds. The molecular weight excluding hydrogens is 364 g/mol. The van der Waals surface area contributed by atoms with E-state index >= 15 is 0 Å². The van der Waals surface area contributed by atoms with Gasteiger partial charge in [0.05, 0.1) is 16.8 Å². The van der Waals surface area contributed by atoms with Crippen LogP contribution in [0.15, 0.2) is 52.9 Å². The van der Waals surface area contributed by atoms with E-state index in [2.05, 4.69) is 15.5 Å². The highest BCUT2D eigenvalue weighted by molar-refractivity contribution is 7.14. The number of rotatable bonds is 5. The Hall–Kier alpha value is -2.97. The van der Waals surface area contributed by atoms with Gasteiger partial charge in [-0.25, -0.2) is 4.98 Å². The Morgan fingerprint density at radius 2 is 2.04 bits per heavy atom. The number of phenols is 1. The zero-order valence-electron chi connectivity index (χ0n) is 12.6. The lowest BCUT2D eigenvalue weighted by Gasteiger charge is -1.98. The highest BCUT2D eigenvalue weighted by Crippen LogP contribution is 2.27. The van der Waals surface area contributed by atoms with Crippen molar-refractivity contribution in [1.82, 2.24) is 4.98 Å². The minimum atomic E-state index is -0.653. The number of halogens is 1. The van der Waals surface area contributed by atoms with Crippen LogP contribution in [0.4, 0.5) is 10.8 Å². The molecule has 126 valence electrons. The van der Waals surface area contributed by atoms with Gasteiger partial charge in [0.1, 0.15) is 0 Å². The lowest BCUT2D eigenvalue weighted by atomic mass is 10.2. The topological polar surface area (TPSA) is 101 Å². The Bertz CT molecular complexity index is 941. The number of nitro groups is 1. The molecule has 9 heteroatoms. The third-order valence-corrected chi connectivity index (χ3v) is 4.21. The van der Waals surface area contributed by atoms with E-state index in [-0.39, 0.29) is 11.4 Å². The number of nitro benzene ring substituents is 1. The number of benzene rings is 2. The molecule has 1 aromatic heterocycles. The molecule has 3 rings (SSSR count). The summed E-state index contributed by atoms with van der Waals surface area (Å²) < 4.78 is 0. The van der Waals surface area contributed by atoms with Gasteiger partial charge in [0, 0.05) is 27.6 Å². The highest BCUT2D eigenvalue weighted by atomic mass is 35.5. The van der Waals surface area contributed by atoms with E-state index in [9.17, 15) is 15.2 Å². The van der Waals surface area contributed by atoms with Crippen LogP contribution in [0.2, 0.25) is 5.02 Å². The van der Waals surface area contributed by atoms with Crippen molar-refractivity contribution in [2.24, 2.45) is 5.10 Å². The third-order valence-electron chi connectivity index (χ3n) is 3.21. The number of aromatic hydroxyl groups is 1. The molecule has 0 spiro atoms. The number of anilines is 1. The second kappa shape index (κ2) is 7.29. The van der Waals surface area contributed by atoms with Crippen LogP contribution in [-0.4, -0.2) is 21.2 Å². The van der Waals surface area contributed by atoms with E-state index in [4.69, 9.17) is 11.6 Å². The summed E-state index contributed by atoms with van der Waals surface area (Å²) in [6, 6.07) is 11.3. The average Bonchev–Trinajstić information content (AvgIpc) is 3.05. The number of thiazole rings is 1. The monoisotopic (exact) mass is 374 g/mol. The molecule has 0 atom stereocenters. The van der Waals surface area contributed by atoms with Crippen molar-refractivity contribution in [3.8, 4) is 17.0 Å². The Morgan fingerprint density at radius 1 is 1.28 bits per heavy atom. The molecule has 0 aliphatic heterocycles. The molecule has 3 aromatic rings. The van der Waals surface area contributed by atoms with Crippen LogP contribution in [0, 0.1) is 10.1 Å². The first-order valence-corrected chi connectivity index (χ1v) is 8.26. The minimum Gasteiger partial charge on any atom is -0.502 e. The Labute approximate surface area is 151 Å². The predicted molar refractivity (Wildman–Crippen MR) is 98.5 cm³/mol. The van der Waals surface area contributed by atoms with Crippen molar-refractivity contribution < 1.29 is 10.0 Å².